The van der Waals surface area contributed by atoms with E-state index < -0.39 is 22.8 Å². The average molecular weight is 340 g/mol. The van der Waals surface area contributed by atoms with Gasteiger partial charge in [0.25, 0.3) is 5.69 Å². The van der Waals surface area contributed by atoms with E-state index in [1.54, 1.807) is 0 Å². The van der Waals surface area contributed by atoms with Crippen LogP contribution >= 0.6 is 0 Å². The van der Waals surface area contributed by atoms with Crippen LogP contribution in [0, 0.1) is 10.1 Å². The molecule has 9 nitrogen and oxygen atoms in total. The standard InChI is InChI=1S/C15H20N2O7/c1-22-7-8-24-10-14(18)16-13(15(19)23-2)9-11-3-5-12(6-4-11)17(20)21/h3-6,13H,7-10H2,1-2H3,(H,16,18)/t13-/m1/s1. The number of carbonyl (C=O) groups is 2. The van der Waals surface area contributed by atoms with E-state index in [2.05, 4.69) is 10.1 Å². The Morgan fingerprint density at radius 3 is 2.42 bits per heavy atom. The number of nitrogens with one attached hydrogen (secondary N) is 1. The molecule has 9 heteroatoms. The Bertz CT molecular complexity index is 559. The number of carbonyl (C=O) groups excluding carboxylic acids is 2. The van der Waals surface area contributed by atoms with E-state index >= 15 is 0 Å². The van der Waals surface area contributed by atoms with Gasteiger partial charge in [-0.25, -0.2) is 4.79 Å². The van der Waals surface area contributed by atoms with Gasteiger partial charge in [0.2, 0.25) is 5.91 Å². The lowest BCUT2D eigenvalue weighted by Gasteiger charge is -2.16. The first kappa shape index (κ1) is 19.5. The molecule has 0 saturated heterocycles. The van der Waals surface area contributed by atoms with Crippen LogP contribution in [-0.2, 0) is 30.2 Å². The largest absolute Gasteiger partial charge is 0.467 e. The van der Waals surface area contributed by atoms with Crippen molar-refractivity contribution in [3.63, 3.8) is 0 Å². The third-order valence-electron chi connectivity index (χ3n) is 3.07. The SMILES string of the molecule is COCCOCC(=O)N[C@H](Cc1ccc([N+](=O)[O-])cc1)C(=O)OC. The molecule has 1 atom stereocenters. The molecule has 0 spiro atoms. The van der Waals surface area contributed by atoms with E-state index in [1.807, 2.05) is 0 Å². The first-order chi connectivity index (χ1) is 11.5. The number of non-ortho nitro benzene ring substituents is 1. The molecule has 0 aliphatic carbocycles. The highest BCUT2D eigenvalue weighted by Gasteiger charge is 2.22. The zero-order chi connectivity index (χ0) is 17.9. The minimum absolute atomic E-state index is 0.0519. The zero-order valence-electron chi connectivity index (χ0n) is 13.5. The molecular weight excluding hydrogens is 320 g/mol. The fourth-order valence-corrected chi connectivity index (χ4v) is 1.87. The van der Waals surface area contributed by atoms with Gasteiger partial charge in [-0.1, -0.05) is 12.1 Å². The van der Waals surface area contributed by atoms with E-state index in [9.17, 15) is 19.7 Å². The van der Waals surface area contributed by atoms with E-state index in [4.69, 9.17) is 9.47 Å². The lowest BCUT2D eigenvalue weighted by atomic mass is 10.1. The Morgan fingerprint density at radius 2 is 1.88 bits per heavy atom. The number of hydrogen-bond acceptors (Lipinski definition) is 7. The maximum absolute atomic E-state index is 11.8. The Balaban J connectivity index is 2.63. The van der Waals surface area contributed by atoms with E-state index in [0.29, 0.717) is 12.2 Å². The van der Waals surface area contributed by atoms with Gasteiger partial charge in [-0.15, -0.1) is 0 Å². The maximum atomic E-state index is 11.8. The van der Waals surface area contributed by atoms with Crippen molar-refractivity contribution in [2.24, 2.45) is 0 Å². The third-order valence-corrected chi connectivity index (χ3v) is 3.07. The first-order valence-corrected chi connectivity index (χ1v) is 7.15. The normalized spacial score (nSPS) is 11.6. The fraction of sp³-hybridized carbons (Fsp3) is 0.467. The summed E-state index contributed by atoms with van der Waals surface area (Å²) in [4.78, 5) is 33.7. The average Bonchev–Trinajstić information content (AvgIpc) is 2.58. The second-order valence-electron chi connectivity index (χ2n) is 4.82. The molecular formula is C15H20N2O7. The molecule has 1 rings (SSSR count). The Kier molecular flexibility index (Phi) is 8.37. The lowest BCUT2D eigenvalue weighted by molar-refractivity contribution is -0.384. The summed E-state index contributed by atoms with van der Waals surface area (Å²) < 4.78 is 14.5. The van der Waals surface area contributed by atoms with Crippen LogP contribution in [0.1, 0.15) is 5.56 Å². The number of nitro benzene ring substituents is 1. The minimum Gasteiger partial charge on any atom is -0.467 e. The van der Waals surface area contributed by atoms with Gasteiger partial charge < -0.3 is 19.5 Å². The first-order valence-electron chi connectivity index (χ1n) is 7.15. The molecule has 0 heterocycles. The molecule has 0 aliphatic rings. The highest BCUT2D eigenvalue weighted by molar-refractivity contribution is 5.85. The van der Waals surface area contributed by atoms with Crippen LogP contribution in [0.3, 0.4) is 0 Å². The van der Waals surface area contributed by atoms with Gasteiger partial charge in [0, 0.05) is 25.7 Å². The fourth-order valence-electron chi connectivity index (χ4n) is 1.87. The number of rotatable bonds is 10. The van der Waals surface area contributed by atoms with E-state index in [-0.39, 0.29) is 25.3 Å². The Labute approximate surface area is 139 Å². The summed E-state index contributed by atoms with van der Waals surface area (Å²) >= 11 is 0. The number of nitro groups is 1. The molecule has 0 saturated carbocycles. The molecule has 0 unspecified atom stereocenters. The van der Waals surface area contributed by atoms with Gasteiger partial charge in [0.15, 0.2) is 0 Å². The molecule has 0 fully saturated rings. The number of amides is 1. The van der Waals surface area contributed by atoms with Crippen LogP contribution in [0.4, 0.5) is 5.69 Å². The van der Waals surface area contributed by atoms with Gasteiger partial charge in [-0.05, 0) is 5.56 Å². The molecule has 0 radical (unpaired) electrons. The van der Waals surface area contributed by atoms with E-state index in [0.717, 1.165) is 0 Å². The van der Waals surface area contributed by atoms with Crippen molar-refractivity contribution in [2.75, 3.05) is 34.0 Å². The number of methoxy groups -OCH3 is 2. The van der Waals surface area contributed by atoms with Gasteiger partial charge in [0.1, 0.15) is 12.6 Å². The highest BCUT2D eigenvalue weighted by atomic mass is 16.6. The topological polar surface area (TPSA) is 117 Å². The number of ether oxygens (including phenoxy) is 3. The quantitative estimate of drug-likeness (QED) is 0.284. The number of benzene rings is 1. The van der Waals surface area contributed by atoms with Crippen molar-refractivity contribution in [1.29, 1.82) is 0 Å². The molecule has 0 aliphatic heterocycles. The van der Waals surface area contributed by atoms with Gasteiger partial charge in [0.05, 0.1) is 25.2 Å². The van der Waals surface area contributed by atoms with Crippen LogP contribution in [0.25, 0.3) is 0 Å². The molecule has 1 aromatic rings. The third kappa shape index (κ3) is 6.71. The monoisotopic (exact) mass is 340 g/mol. The van der Waals surface area contributed by atoms with Crippen LogP contribution in [0.2, 0.25) is 0 Å². The lowest BCUT2D eigenvalue weighted by Crippen LogP contribution is -2.44. The van der Waals surface area contributed by atoms with Gasteiger partial charge in [-0.2, -0.15) is 0 Å². The second-order valence-corrected chi connectivity index (χ2v) is 4.82. The van der Waals surface area contributed by atoms with Gasteiger partial charge in [-0.3, -0.25) is 14.9 Å². The Hall–Kier alpha value is -2.52. The molecule has 24 heavy (non-hydrogen) atoms. The van der Waals surface area contributed by atoms with Crippen LogP contribution < -0.4 is 5.32 Å². The van der Waals surface area contributed by atoms with E-state index in [1.165, 1.54) is 38.5 Å². The molecule has 1 amide bonds. The summed E-state index contributed by atoms with van der Waals surface area (Å²) in [5, 5.41) is 13.2. The number of hydrogen-bond donors (Lipinski definition) is 1. The van der Waals surface area contributed by atoms with Gasteiger partial charge >= 0.3 is 5.97 Å². The predicted molar refractivity (Wildman–Crippen MR) is 83.4 cm³/mol. The molecule has 0 aromatic heterocycles. The van der Waals surface area contributed by atoms with Crippen molar-refractivity contribution in [3.05, 3.63) is 39.9 Å². The number of nitrogens with zero attached hydrogens (tertiary/aromatic N) is 1. The minimum atomic E-state index is -0.907. The summed E-state index contributed by atoms with van der Waals surface area (Å²) in [6.07, 6.45) is 0.147. The summed E-state index contributed by atoms with van der Waals surface area (Å²) in [5.74, 6) is -1.08. The summed E-state index contributed by atoms with van der Waals surface area (Å²) in [5.41, 5.74) is 0.598. The molecule has 132 valence electrons. The van der Waals surface area contributed by atoms with Crippen LogP contribution in [0.15, 0.2) is 24.3 Å². The van der Waals surface area contributed by atoms with Crippen molar-refractivity contribution < 1.29 is 28.7 Å². The van der Waals surface area contributed by atoms with Crippen molar-refractivity contribution in [3.8, 4) is 0 Å². The summed E-state index contributed by atoms with van der Waals surface area (Å²) in [7, 11) is 2.73. The molecule has 1 N–H and O–H groups in total. The second kappa shape index (κ2) is 10.3. The predicted octanol–water partition coefficient (Wildman–Crippen LogP) is 0.458. The smallest absolute Gasteiger partial charge is 0.328 e. The van der Waals surface area contributed by atoms with Crippen LogP contribution in [0.5, 0.6) is 0 Å². The van der Waals surface area contributed by atoms with Crippen LogP contribution in [-0.4, -0.2) is 56.9 Å². The number of esters is 1. The summed E-state index contributed by atoms with van der Waals surface area (Å²) in [6, 6.07) is 4.80. The van der Waals surface area contributed by atoms with Crippen molar-refractivity contribution >= 4 is 17.6 Å². The molecule has 0 bridgehead atoms. The van der Waals surface area contributed by atoms with Crippen molar-refractivity contribution in [1.82, 2.24) is 5.32 Å². The molecule has 1 aromatic carbocycles. The Morgan fingerprint density at radius 1 is 1.21 bits per heavy atom. The summed E-state index contributed by atoms with van der Waals surface area (Å²) in [6.45, 7) is 0.406. The maximum Gasteiger partial charge on any atom is 0.328 e. The zero-order valence-corrected chi connectivity index (χ0v) is 13.5. The van der Waals surface area contributed by atoms with Crippen molar-refractivity contribution in [2.45, 2.75) is 12.5 Å². The highest BCUT2D eigenvalue weighted by Crippen LogP contribution is 2.13.